The van der Waals surface area contributed by atoms with Gasteiger partial charge in [0.25, 0.3) is 11.9 Å². The molecular formula is C17H17NO5. The van der Waals surface area contributed by atoms with E-state index < -0.39 is 11.9 Å². The second-order valence-electron chi connectivity index (χ2n) is 5.46. The predicted octanol–water partition coefficient (Wildman–Crippen LogP) is 3.01. The van der Waals surface area contributed by atoms with Crippen molar-refractivity contribution in [2.45, 2.75) is 12.8 Å². The van der Waals surface area contributed by atoms with E-state index >= 15 is 0 Å². The van der Waals surface area contributed by atoms with Crippen LogP contribution in [-0.2, 0) is 4.79 Å². The Bertz CT molecular complexity index is 694. The van der Waals surface area contributed by atoms with Crippen LogP contribution >= 0.6 is 0 Å². The number of hydrogen-bond acceptors (Lipinski definition) is 4. The summed E-state index contributed by atoms with van der Waals surface area (Å²) in [5, 5.41) is 9.10. The summed E-state index contributed by atoms with van der Waals surface area (Å²) in [4.78, 5) is 25.0. The third-order valence-electron chi connectivity index (χ3n) is 3.81. The molecule has 120 valence electrons. The molecule has 1 aromatic carbocycles. The molecule has 0 bridgehead atoms. The molecule has 1 aliphatic heterocycles. The largest absolute Gasteiger partial charge is 0.481 e. The summed E-state index contributed by atoms with van der Waals surface area (Å²) in [6, 6.07) is 12.2. The van der Waals surface area contributed by atoms with Gasteiger partial charge in [-0.2, -0.15) is 0 Å². The zero-order valence-electron chi connectivity index (χ0n) is 12.5. The first-order chi connectivity index (χ1) is 11.1. The van der Waals surface area contributed by atoms with Crippen molar-refractivity contribution < 1.29 is 23.8 Å². The highest BCUT2D eigenvalue weighted by atomic mass is 16.6. The average Bonchev–Trinajstić information content (AvgIpc) is 3.03. The Labute approximate surface area is 133 Å². The normalized spacial score (nSPS) is 17.7. The highest BCUT2D eigenvalue weighted by molar-refractivity contribution is 5.92. The molecule has 1 saturated heterocycles. The van der Waals surface area contributed by atoms with Crippen LogP contribution in [0.25, 0.3) is 0 Å². The number of aliphatic carboxylic acids is 1. The van der Waals surface area contributed by atoms with E-state index in [9.17, 15) is 9.59 Å². The lowest BCUT2D eigenvalue weighted by molar-refractivity contribution is -0.143. The summed E-state index contributed by atoms with van der Waals surface area (Å²) in [6.45, 7) is 0.752. The fourth-order valence-corrected chi connectivity index (χ4v) is 2.61. The maximum atomic E-state index is 12.4. The van der Waals surface area contributed by atoms with Crippen LogP contribution in [0.15, 0.2) is 46.9 Å². The molecule has 0 aliphatic carbocycles. The molecule has 0 saturated carbocycles. The topological polar surface area (TPSA) is 80.0 Å². The van der Waals surface area contributed by atoms with Crippen LogP contribution in [0.1, 0.15) is 23.4 Å². The van der Waals surface area contributed by atoms with Gasteiger partial charge in [0.2, 0.25) is 0 Å². The molecule has 1 amide bonds. The fraction of sp³-hybridized carbons (Fsp3) is 0.294. The van der Waals surface area contributed by atoms with E-state index in [1.165, 1.54) is 4.90 Å². The molecule has 1 unspecified atom stereocenters. The van der Waals surface area contributed by atoms with Gasteiger partial charge in [-0.1, -0.05) is 18.2 Å². The summed E-state index contributed by atoms with van der Waals surface area (Å²) in [5.74, 6) is -0.685. The van der Waals surface area contributed by atoms with Gasteiger partial charge in [0.15, 0.2) is 5.76 Å². The standard InChI is InChI=1S/C17H17NO5/c19-16(18-10-4-5-12(11-18)17(20)21)14-8-9-15(23-14)22-13-6-2-1-3-7-13/h1-3,6-9,12H,4-5,10-11H2,(H,20,21). The number of para-hydroxylation sites is 1. The lowest BCUT2D eigenvalue weighted by Gasteiger charge is -2.29. The Morgan fingerprint density at radius 2 is 1.96 bits per heavy atom. The predicted molar refractivity (Wildman–Crippen MR) is 81.5 cm³/mol. The first kappa shape index (κ1) is 15.1. The quantitative estimate of drug-likeness (QED) is 0.938. The first-order valence-corrected chi connectivity index (χ1v) is 7.48. The number of hydrogen-bond donors (Lipinski definition) is 1. The van der Waals surface area contributed by atoms with Gasteiger partial charge in [-0.15, -0.1) is 0 Å². The number of carboxylic acid groups (broad SMARTS) is 1. The SMILES string of the molecule is O=C(O)C1CCCN(C(=O)c2ccc(Oc3ccccc3)o2)C1. The van der Waals surface area contributed by atoms with Crippen LogP contribution in [0, 0.1) is 5.92 Å². The Kier molecular flexibility index (Phi) is 4.32. The van der Waals surface area contributed by atoms with Gasteiger partial charge < -0.3 is 19.2 Å². The molecule has 1 fully saturated rings. The van der Waals surface area contributed by atoms with Gasteiger partial charge in [-0.25, -0.2) is 0 Å². The Hall–Kier alpha value is -2.76. The smallest absolute Gasteiger partial charge is 0.308 e. The van der Waals surface area contributed by atoms with Crippen LogP contribution in [0.3, 0.4) is 0 Å². The number of ether oxygens (including phenoxy) is 1. The van der Waals surface area contributed by atoms with Crippen molar-refractivity contribution in [3.05, 3.63) is 48.2 Å². The number of benzene rings is 1. The number of piperidine rings is 1. The molecule has 2 heterocycles. The second-order valence-corrected chi connectivity index (χ2v) is 5.46. The molecule has 0 radical (unpaired) electrons. The molecule has 6 heteroatoms. The Morgan fingerprint density at radius 1 is 1.17 bits per heavy atom. The van der Waals surface area contributed by atoms with E-state index in [1.54, 1.807) is 24.3 Å². The molecule has 2 aromatic rings. The maximum absolute atomic E-state index is 12.4. The maximum Gasteiger partial charge on any atom is 0.308 e. The molecule has 6 nitrogen and oxygen atoms in total. The third kappa shape index (κ3) is 3.53. The Morgan fingerprint density at radius 3 is 2.70 bits per heavy atom. The van der Waals surface area contributed by atoms with Crippen molar-refractivity contribution in [2.24, 2.45) is 5.92 Å². The molecule has 23 heavy (non-hydrogen) atoms. The van der Waals surface area contributed by atoms with E-state index in [1.807, 2.05) is 18.2 Å². The lowest BCUT2D eigenvalue weighted by Crippen LogP contribution is -2.42. The van der Waals surface area contributed by atoms with Gasteiger partial charge in [-0.05, 0) is 31.0 Å². The highest BCUT2D eigenvalue weighted by Gasteiger charge is 2.30. The molecular weight excluding hydrogens is 298 g/mol. The number of carbonyl (C=O) groups excluding carboxylic acids is 1. The average molecular weight is 315 g/mol. The van der Waals surface area contributed by atoms with Crippen molar-refractivity contribution >= 4 is 11.9 Å². The van der Waals surface area contributed by atoms with Crippen molar-refractivity contribution in [2.75, 3.05) is 13.1 Å². The third-order valence-corrected chi connectivity index (χ3v) is 3.81. The van der Waals surface area contributed by atoms with Crippen molar-refractivity contribution in [1.29, 1.82) is 0 Å². The molecule has 1 atom stereocenters. The number of nitrogens with zero attached hydrogens (tertiary/aromatic N) is 1. The van der Waals surface area contributed by atoms with Gasteiger partial charge in [0, 0.05) is 19.2 Å². The summed E-state index contributed by atoms with van der Waals surface area (Å²) >= 11 is 0. The minimum absolute atomic E-state index is 0.155. The summed E-state index contributed by atoms with van der Waals surface area (Å²) < 4.78 is 11.0. The van der Waals surface area contributed by atoms with Crippen LogP contribution in [0.4, 0.5) is 0 Å². The first-order valence-electron chi connectivity index (χ1n) is 7.48. The van der Waals surface area contributed by atoms with Gasteiger partial charge in [0.1, 0.15) is 5.75 Å². The van der Waals surface area contributed by atoms with Crippen molar-refractivity contribution in [1.82, 2.24) is 4.90 Å². The van der Waals surface area contributed by atoms with Crippen LogP contribution in [0.2, 0.25) is 0 Å². The number of carboxylic acids is 1. The van der Waals surface area contributed by atoms with E-state index in [2.05, 4.69) is 0 Å². The number of amides is 1. The monoisotopic (exact) mass is 315 g/mol. The Balaban J connectivity index is 1.67. The summed E-state index contributed by atoms with van der Waals surface area (Å²) in [6.07, 6.45) is 1.27. The molecule has 1 N–H and O–H groups in total. The molecule has 1 aromatic heterocycles. The molecule has 1 aliphatic rings. The minimum Gasteiger partial charge on any atom is -0.481 e. The zero-order valence-corrected chi connectivity index (χ0v) is 12.5. The van der Waals surface area contributed by atoms with E-state index in [0.29, 0.717) is 25.1 Å². The van der Waals surface area contributed by atoms with Gasteiger partial charge in [-0.3, -0.25) is 9.59 Å². The lowest BCUT2D eigenvalue weighted by atomic mass is 9.98. The second kappa shape index (κ2) is 6.56. The number of carbonyl (C=O) groups is 2. The summed E-state index contributed by atoms with van der Waals surface area (Å²) in [5.41, 5.74) is 0. The summed E-state index contributed by atoms with van der Waals surface area (Å²) in [7, 11) is 0. The molecule has 0 spiro atoms. The zero-order chi connectivity index (χ0) is 16.2. The van der Waals surface area contributed by atoms with Gasteiger partial charge in [0.05, 0.1) is 5.92 Å². The molecule has 3 rings (SSSR count). The van der Waals surface area contributed by atoms with Crippen LogP contribution in [-0.4, -0.2) is 35.0 Å². The highest BCUT2D eigenvalue weighted by Crippen LogP contribution is 2.25. The van der Waals surface area contributed by atoms with E-state index in [4.69, 9.17) is 14.3 Å². The van der Waals surface area contributed by atoms with E-state index in [0.717, 1.165) is 0 Å². The minimum atomic E-state index is -0.866. The van der Waals surface area contributed by atoms with Crippen LogP contribution in [0.5, 0.6) is 11.7 Å². The van der Waals surface area contributed by atoms with Crippen molar-refractivity contribution in [3.8, 4) is 11.7 Å². The van der Waals surface area contributed by atoms with Gasteiger partial charge >= 0.3 is 5.97 Å². The number of furan rings is 1. The van der Waals surface area contributed by atoms with E-state index in [-0.39, 0.29) is 24.2 Å². The van der Waals surface area contributed by atoms with Crippen molar-refractivity contribution in [3.63, 3.8) is 0 Å². The van der Waals surface area contributed by atoms with Crippen LogP contribution < -0.4 is 4.74 Å². The number of likely N-dealkylation sites (tertiary alicyclic amines) is 1. The number of rotatable bonds is 4. The fourth-order valence-electron chi connectivity index (χ4n) is 2.61.